The van der Waals surface area contributed by atoms with Crippen LogP contribution in [-0.2, 0) is 0 Å². The van der Waals surface area contributed by atoms with Gasteiger partial charge < -0.3 is 30.6 Å². The summed E-state index contributed by atoms with van der Waals surface area (Å²) in [5, 5.41) is 70.7. The van der Waals surface area contributed by atoms with Crippen molar-refractivity contribution >= 4 is 54.6 Å². The summed E-state index contributed by atoms with van der Waals surface area (Å²) in [5.74, 6) is 1.65. The molecule has 0 atom stereocenters. The molecule has 16 aromatic carbocycles. The van der Waals surface area contributed by atoms with Crippen LogP contribution in [0.15, 0.2) is 376 Å². The molecule has 6 nitrogen and oxygen atoms in total. The maximum Gasteiger partial charge on any atom is 0.123 e. The lowest BCUT2D eigenvalue weighted by Gasteiger charge is -2.18. The molecule has 0 saturated carbocycles. The van der Waals surface area contributed by atoms with Crippen LogP contribution in [0.3, 0.4) is 0 Å². The Labute approximate surface area is 643 Å². The Bertz CT molecular complexity index is 5780. The predicted octanol–water partition coefficient (Wildman–Crippen LogP) is 28.1. The summed E-state index contributed by atoms with van der Waals surface area (Å²) in [6.45, 7) is 11.7. The Balaban J connectivity index is 0.000000138. The van der Waals surface area contributed by atoms with Crippen molar-refractivity contribution < 1.29 is 30.6 Å². The van der Waals surface area contributed by atoms with Crippen molar-refractivity contribution in [1.29, 1.82) is 0 Å². The minimum absolute atomic E-state index is 0.262. The van der Waals surface area contributed by atoms with Crippen molar-refractivity contribution in [1.82, 2.24) is 0 Å². The SMILES string of the molecule is C/C(O)=C(\C=C(/C)c1cccc2cccc(-c3ccc(O)c(-c4ccccc4)c3)c12)c1ccccc1.C/C(O)=C(\C=C(/C)c1cccc2cccc(-c3ccc(O)c(-c4ccccc4)c3)c12)c1ccccc1.Cc1cc(O)c(-c2ccccc2)cc1-c1cccc2cccc(-c3cc(-c4ccccc4)c(O)cc3C)c12. The number of rotatable bonds is 14. The van der Waals surface area contributed by atoms with E-state index in [4.69, 9.17) is 0 Å². The standard InChI is InChI=1S/C36H28O2.2C34H28O2/c1-23-19-34(37)32(25-11-5-3-6-12-25)21-30(23)28-17-9-15-27-16-10-18-29(36(27)28)31-22-33(35(38)20-24(31)2)26-13-7-4-8-14-26;2*1-23(21-31(24(2)35)25-11-5-3-6-12-25)29-17-9-15-27-16-10-18-30(34(27)29)28-19-20-33(36)32(22-28)26-13-7-4-8-14-26/h3-22,37-38H,1-2H3;2*3-22,35-36H,1-2H3/b;2*23-21+,31-24-. The van der Waals surface area contributed by atoms with Crippen LogP contribution in [0.1, 0.15) is 61.1 Å². The maximum atomic E-state index is 10.8. The normalized spacial score (nSPS) is 12.0. The highest BCUT2D eigenvalue weighted by atomic mass is 16.3. The average Bonchev–Trinajstić information content (AvgIpc) is 0.758. The first-order valence-corrected chi connectivity index (χ1v) is 37.0. The van der Waals surface area contributed by atoms with E-state index in [2.05, 4.69) is 159 Å². The summed E-state index contributed by atoms with van der Waals surface area (Å²) in [5.41, 5.74) is 25.7. The highest BCUT2D eigenvalue weighted by Crippen LogP contribution is 2.46. The van der Waals surface area contributed by atoms with Gasteiger partial charge >= 0.3 is 0 Å². The van der Waals surface area contributed by atoms with E-state index in [0.29, 0.717) is 0 Å². The highest BCUT2D eigenvalue weighted by Gasteiger charge is 2.21. The lowest BCUT2D eigenvalue weighted by molar-refractivity contribution is 0.417. The molecular formula is C104H84O6. The largest absolute Gasteiger partial charge is 0.512 e. The number of aryl methyl sites for hydroxylation is 2. The highest BCUT2D eigenvalue weighted by molar-refractivity contribution is 6.10. The molecule has 0 spiro atoms. The van der Waals surface area contributed by atoms with Crippen molar-refractivity contribution in [2.75, 3.05) is 0 Å². The molecule has 6 N–H and O–H groups in total. The number of allylic oxidation sites excluding steroid dienone is 8. The minimum atomic E-state index is 0.262. The van der Waals surface area contributed by atoms with Gasteiger partial charge in [-0.05, 0) is 246 Å². The van der Waals surface area contributed by atoms with Gasteiger partial charge in [-0.15, -0.1) is 0 Å². The van der Waals surface area contributed by atoms with Crippen LogP contribution in [0.25, 0.3) is 144 Å². The van der Waals surface area contributed by atoms with E-state index in [9.17, 15) is 30.6 Å². The second-order valence-corrected chi connectivity index (χ2v) is 27.8. The first-order valence-electron chi connectivity index (χ1n) is 37.0. The quantitative estimate of drug-likeness (QED) is 0.0477. The molecule has 0 unspecified atom stereocenters. The number of aliphatic hydroxyl groups is 2. The summed E-state index contributed by atoms with van der Waals surface area (Å²) in [4.78, 5) is 0. The van der Waals surface area contributed by atoms with Gasteiger partial charge in [0.2, 0.25) is 0 Å². The lowest BCUT2D eigenvalue weighted by atomic mass is 9.86. The molecule has 0 aliphatic rings. The molecule has 0 amide bonds. The van der Waals surface area contributed by atoms with Crippen molar-refractivity contribution in [3.63, 3.8) is 0 Å². The Morgan fingerprint density at radius 1 is 0.227 bits per heavy atom. The molecule has 0 saturated heterocycles. The molecule has 536 valence electrons. The first kappa shape index (κ1) is 73.0. The smallest absolute Gasteiger partial charge is 0.123 e. The van der Waals surface area contributed by atoms with Gasteiger partial charge in [-0.25, -0.2) is 0 Å². The molecule has 16 aromatic rings. The van der Waals surface area contributed by atoms with Crippen molar-refractivity contribution in [3.8, 4) is 112 Å². The van der Waals surface area contributed by atoms with E-state index < -0.39 is 0 Å². The van der Waals surface area contributed by atoms with Gasteiger partial charge in [0.25, 0.3) is 0 Å². The van der Waals surface area contributed by atoms with Crippen LogP contribution < -0.4 is 0 Å². The number of hydrogen-bond acceptors (Lipinski definition) is 6. The van der Waals surface area contributed by atoms with E-state index >= 15 is 0 Å². The molecule has 110 heavy (non-hydrogen) atoms. The van der Waals surface area contributed by atoms with Gasteiger partial charge in [-0.1, -0.05) is 303 Å². The molecule has 0 heterocycles. The molecular weight excluding hydrogens is 1350 g/mol. The van der Waals surface area contributed by atoms with Crippen LogP contribution in [0.5, 0.6) is 23.0 Å². The number of aromatic hydroxyl groups is 4. The van der Waals surface area contributed by atoms with Crippen LogP contribution in [-0.4, -0.2) is 30.6 Å². The Morgan fingerprint density at radius 2 is 0.509 bits per heavy atom. The number of benzene rings is 16. The fraction of sp³-hybridized carbons (Fsp3) is 0.0577. The molecule has 0 aromatic heterocycles. The fourth-order valence-corrected chi connectivity index (χ4v) is 15.0. The Kier molecular flexibility index (Phi) is 21.8. The van der Waals surface area contributed by atoms with Crippen LogP contribution in [0.4, 0.5) is 0 Å². The van der Waals surface area contributed by atoms with Crippen LogP contribution >= 0.6 is 0 Å². The summed E-state index contributed by atoms with van der Waals surface area (Å²) in [6.07, 6.45) is 4.12. The summed E-state index contributed by atoms with van der Waals surface area (Å²) in [7, 11) is 0. The third-order valence-electron chi connectivity index (χ3n) is 20.5. The number of hydrogen-bond donors (Lipinski definition) is 6. The van der Waals surface area contributed by atoms with E-state index in [1.165, 1.54) is 0 Å². The average molecular weight is 1430 g/mol. The van der Waals surface area contributed by atoms with Gasteiger partial charge in [0.1, 0.15) is 23.0 Å². The van der Waals surface area contributed by atoms with E-state index in [1.807, 2.05) is 220 Å². The predicted molar refractivity (Wildman–Crippen MR) is 462 cm³/mol. The second-order valence-electron chi connectivity index (χ2n) is 27.8. The number of phenols is 4. The maximum absolute atomic E-state index is 10.8. The van der Waals surface area contributed by atoms with Crippen molar-refractivity contribution in [2.24, 2.45) is 0 Å². The number of fused-ring (bicyclic) bond motifs is 3. The summed E-state index contributed by atoms with van der Waals surface area (Å²) < 4.78 is 0. The third-order valence-corrected chi connectivity index (χ3v) is 20.5. The van der Waals surface area contributed by atoms with Gasteiger partial charge in [0.15, 0.2) is 0 Å². The zero-order valence-electron chi connectivity index (χ0n) is 62.3. The van der Waals surface area contributed by atoms with Crippen molar-refractivity contribution in [3.05, 3.63) is 409 Å². The van der Waals surface area contributed by atoms with Gasteiger partial charge in [-0.2, -0.15) is 0 Å². The molecule has 0 fully saturated rings. The fourth-order valence-electron chi connectivity index (χ4n) is 15.0. The topological polar surface area (TPSA) is 121 Å². The zero-order chi connectivity index (χ0) is 76.4. The van der Waals surface area contributed by atoms with Crippen LogP contribution in [0, 0.1) is 13.8 Å². The molecule has 0 aliphatic carbocycles. The molecule has 0 bridgehead atoms. The zero-order valence-corrected chi connectivity index (χ0v) is 62.3. The van der Waals surface area contributed by atoms with E-state index in [1.54, 1.807) is 26.0 Å². The third kappa shape index (κ3) is 15.7. The molecule has 6 heteroatoms. The van der Waals surface area contributed by atoms with E-state index in [0.717, 1.165) is 177 Å². The van der Waals surface area contributed by atoms with Crippen molar-refractivity contribution in [2.45, 2.75) is 41.5 Å². The molecule has 0 radical (unpaired) electrons. The Hall–Kier alpha value is -13.9. The van der Waals surface area contributed by atoms with Gasteiger partial charge in [-0.3, -0.25) is 0 Å². The first-order chi connectivity index (χ1) is 53.6. The second kappa shape index (κ2) is 32.8. The van der Waals surface area contributed by atoms with Gasteiger partial charge in [0, 0.05) is 33.4 Å². The van der Waals surface area contributed by atoms with E-state index in [-0.39, 0.29) is 34.5 Å². The summed E-state index contributed by atoms with van der Waals surface area (Å²) >= 11 is 0. The minimum Gasteiger partial charge on any atom is -0.512 e. The monoisotopic (exact) mass is 1430 g/mol. The number of aliphatic hydroxyl groups excluding tert-OH is 2. The lowest BCUT2D eigenvalue weighted by Crippen LogP contribution is -1.92. The van der Waals surface area contributed by atoms with Gasteiger partial charge in [0.05, 0.1) is 11.5 Å². The summed E-state index contributed by atoms with van der Waals surface area (Å²) in [6, 6.07) is 117. The number of phenolic OH excluding ortho intramolecular Hbond substituents is 4. The molecule has 16 rings (SSSR count). The van der Waals surface area contributed by atoms with Crippen LogP contribution in [0.2, 0.25) is 0 Å². The Morgan fingerprint density at radius 3 is 0.827 bits per heavy atom. The molecule has 0 aliphatic heterocycles.